The van der Waals surface area contributed by atoms with Crippen molar-refractivity contribution in [3.63, 3.8) is 0 Å². The van der Waals surface area contributed by atoms with Crippen LogP contribution in [0.15, 0.2) is 35.4 Å². The summed E-state index contributed by atoms with van der Waals surface area (Å²) < 4.78 is 3.16. The minimum Gasteiger partial charge on any atom is -0.391 e. The van der Waals surface area contributed by atoms with Crippen molar-refractivity contribution < 1.29 is 9.90 Å². The van der Waals surface area contributed by atoms with Crippen LogP contribution >= 0.6 is 0 Å². The zero-order valence-electron chi connectivity index (χ0n) is 18.8. The first kappa shape index (κ1) is 21.4. The third-order valence-electron chi connectivity index (χ3n) is 6.95. The first-order valence-electron chi connectivity index (χ1n) is 11.5. The Balaban J connectivity index is 1.48. The summed E-state index contributed by atoms with van der Waals surface area (Å²) in [6.45, 7) is 2.13. The van der Waals surface area contributed by atoms with Gasteiger partial charge in [0.15, 0.2) is 5.65 Å². The van der Waals surface area contributed by atoms with E-state index < -0.39 is 6.10 Å². The minimum absolute atomic E-state index is 0.172. The van der Waals surface area contributed by atoms with Crippen LogP contribution in [-0.4, -0.2) is 49.4 Å². The molecule has 174 valence electrons. The van der Waals surface area contributed by atoms with Crippen LogP contribution in [0.4, 0.5) is 17.3 Å². The Morgan fingerprint density at radius 2 is 2.09 bits per heavy atom. The van der Waals surface area contributed by atoms with E-state index in [0.717, 1.165) is 25.7 Å². The third-order valence-corrected chi connectivity index (χ3v) is 6.95. The van der Waals surface area contributed by atoms with Crippen molar-refractivity contribution in [3.8, 4) is 0 Å². The fourth-order valence-electron chi connectivity index (χ4n) is 4.74. The molecule has 10 nitrogen and oxygen atoms in total. The van der Waals surface area contributed by atoms with Crippen molar-refractivity contribution in [2.75, 3.05) is 17.7 Å². The van der Waals surface area contributed by atoms with Gasteiger partial charge in [-0.15, -0.1) is 0 Å². The van der Waals surface area contributed by atoms with Gasteiger partial charge in [-0.1, -0.05) is 6.92 Å². The summed E-state index contributed by atoms with van der Waals surface area (Å²) in [5, 5.41) is 23.8. The molecule has 3 aromatic heterocycles. The van der Waals surface area contributed by atoms with Gasteiger partial charge in [-0.3, -0.25) is 9.59 Å². The Morgan fingerprint density at radius 3 is 2.76 bits per heavy atom. The number of hydrogen-bond donors (Lipinski definition) is 4. The lowest BCUT2D eigenvalue weighted by Gasteiger charge is -2.34. The van der Waals surface area contributed by atoms with Gasteiger partial charge in [0.05, 0.1) is 18.3 Å². The number of amides is 1. The van der Waals surface area contributed by atoms with Gasteiger partial charge >= 0.3 is 0 Å². The van der Waals surface area contributed by atoms with Gasteiger partial charge < -0.3 is 25.6 Å². The molecule has 2 aliphatic carbocycles. The Bertz CT molecular complexity index is 1250. The van der Waals surface area contributed by atoms with Crippen LogP contribution in [0.2, 0.25) is 0 Å². The zero-order chi connectivity index (χ0) is 23.1. The number of carbonyl (C=O) groups excluding carboxylic acids is 1. The number of rotatable bonds is 6. The van der Waals surface area contributed by atoms with Crippen molar-refractivity contribution >= 4 is 28.9 Å². The summed E-state index contributed by atoms with van der Waals surface area (Å²) in [6, 6.07) is 5.15. The molecule has 0 radical (unpaired) electrons. The summed E-state index contributed by atoms with van der Waals surface area (Å²) in [5.74, 6) is 1.30. The smallest absolute Gasteiger partial charge is 0.274 e. The molecule has 2 fully saturated rings. The molecular weight excluding hydrogens is 422 g/mol. The van der Waals surface area contributed by atoms with E-state index in [1.54, 1.807) is 40.5 Å². The van der Waals surface area contributed by atoms with Gasteiger partial charge in [0.1, 0.15) is 22.9 Å². The molecule has 33 heavy (non-hydrogen) atoms. The molecule has 0 unspecified atom stereocenters. The van der Waals surface area contributed by atoms with Crippen molar-refractivity contribution in [1.82, 2.24) is 24.5 Å². The van der Waals surface area contributed by atoms with Crippen molar-refractivity contribution in [2.24, 2.45) is 5.92 Å². The summed E-state index contributed by atoms with van der Waals surface area (Å²) in [4.78, 5) is 30.6. The topological polar surface area (TPSA) is 126 Å². The predicted molar refractivity (Wildman–Crippen MR) is 125 cm³/mol. The van der Waals surface area contributed by atoms with E-state index in [1.165, 1.54) is 6.20 Å². The second-order valence-corrected chi connectivity index (χ2v) is 9.03. The molecule has 2 aliphatic rings. The Labute approximate surface area is 191 Å². The van der Waals surface area contributed by atoms with Gasteiger partial charge in [0.25, 0.3) is 11.5 Å². The molecule has 4 atom stereocenters. The number of aliphatic hydroxyl groups excluding tert-OH is 1. The number of nitrogens with zero attached hydrogens (tertiary/aromatic N) is 4. The molecule has 0 spiro atoms. The number of pyridine rings is 1. The quantitative estimate of drug-likeness (QED) is 0.453. The van der Waals surface area contributed by atoms with Crippen LogP contribution in [0.3, 0.4) is 0 Å². The number of aromatic nitrogens is 4. The number of fused-ring (bicyclic) bond motifs is 1. The highest BCUT2D eigenvalue weighted by Gasteiger charge is 2.30. The summed E-state index contributed by atoms with van der Waals surface area (Å²) >= 11 is 0. The van der Waals surface area contributed by atoms with E-state index in [4.69, 9.17) is 0 Å². The van der Waals surface area contributed by atoms with E-state index in [-0.39, 0.29) is 23.6 Å². The summed E-state index contributed by atoms with van der Waals surface area (Å²) in [6.07, 6.45) is 7.16. The molecule has 0 aliphatic heterocycles. The first-order chi connectivity index (χ1) is 16.0. The normalized spacial score (nSPS) is 24.5. The van der Waals surface area contributed by atoms with E-state index in [2.05, 4.69) is 33.0 Å². The highest BCUT2D eigenvalue weighted by Crippen LogP contribution is 2.30. The van der Waals surface area contributed by atoms with Crippen LogP contribution in [0, 0.1) is 5.92 Å². The predicted octanol–water partition coefficient (Wildman–Crippen LogP) is 2.29. The Kier molecular flexibility index (Phi) is 5.53. The second kappa shape index (κ2) is 8.51. The maximum Gasteiger partial charge on any atom is 0.274 e. The van der Waals surface area contributed by atoms with E-state index in [9.17, 15) is 14.7 Å². The Hall–Kier alpha value is -3.40. The van der Waals surface area contributed by atoms with Crippen molar-refractivity contribution in [3.05, 3.63) is 46.5 Å². The largest absolute Gasteiger partial charge is 0.391 e. The molecule has 5 rings (SSSR count). The second-order valence-electron chi connectivity index (χ2n) is 9.03. The van der Waals surface area contributed by atoms with E-state index >= 15 is 0 Å². The van der Waals surface area contributed by atoms with Gasteiger partial charge in [-0.2, -0.15) is 9.61 Å². The Morgan fingerprint density at radius 1 is 1.24 bits per heavy atom. The van der Waals surface area contributed by atoms with Gasteiger partial charge in [0, 0.05) is 25.4 Å². The average molecular weight is 452 g/mol. The lowest BCUT2D eigenvalue weighted by molar-refractivity contribution is 0.0886. The third kappa shape index (κ3) is 3.84. The molecule has 0 bridgehead atoms. The molecule has 3 aromatic rings. The molecule has 4 N–H and O–H groups in total. The number of aliphatic hydroxyl groups is 1. The first-order valence-corrected chi connectivity index (χ1v) is 11.5. The van der Waals surface area contributed by atoms with Gasteiger partial charge in [-0.25, -0.2) is 4.98 Å². The highest BCUT2D eigenvalue weighted by molar-refractivity contribution is 6.00. The van der Waals surface area contributed by atoms with Crippen LogP contribution < -0.4 is 21.5 Å². The van der Waals surface area contributed by atoms with Crippen LogP contribution in [0.5, 0.6) is 0 Å². The number of anilines is 3. The SMILES string of the molecule is CNc1cc(Nc2cccn([C@@H]3CCC[C@@H]3O)c2=O)nc2c(C(=O)N[C@H]3CC[C@H]3C)cnn12. The standard InChI is InChI=1S/C23H29N7O3/c1-13-8-9-15(13)27-22(32)14-12-25-30-20(24-2)11-19(28-21(14)30)26-16-5-4-10-29(23(16)33)17-6-3-7-18(17)31/h4-5,10-13,15,17-18,24,31H,3,6-9H2,1-2H3,(H,26,28)(H,27,32)/t13-,15+,17-,18+/m1/s1. The molecular formula is C23H29N7O3. The molecule has 2 saturated carbocycles. The lowest BCUT2D eigenvalue weighted by atomic mass is 9.81. The summed E-state index contributed by atoms with van der Waals surface area (Å²) in [5.41, 5.74) is 0.913. The monoisotopic (exact) mass is 451 g/mol. The highest BCUT2D eigenvalue weighted by atomic mass is 16.3. The maximum atomic E-state index is 13.1. The fraction of sp³-hybridized carbons (Fsp3) is 0.478. The number of carbonyl (C=O) groups is 1. The summed E-state index contributed by atoms with van der Waals surface area (Å²) in [7, 11) is 1.76. The zero-order valence-corrected chi connectivity index (χ0v) is 18.8. The number of hydrogen-bond acceptors (Lipinski definition) is 7. The molecule has 10 heteroatoms. The van der Waals surface area contributed by atoms with Crippen LogP contribution in [0.1, 0.15) is 55.4 Å². The van der Waals surface area contributed by atoms with Gasteiger partial charge in [0.2, 0.25) is 0 Å². The van der Waals surface area contributed by atoms with Crippen LogP contribution in [-0.2, 0) is 0 Å². The average Bonchev–Trinajstić information content (AvgIpc) is 3.43. The van der Waals surface area contributed by atoms with Crippen molar-refractivity contribution in [2.45, 2.75) is 57.2 Å². The van der Waals surface area contributed by atoms with Crippen molar-refractivity contribution in [1.29, 1.82) is 0 Å². The fourth-order valence-corrected chi connectivity index (χ4v) is 4.74. The van der Waals surface area contributed by atoms with E-state index in [0.29, 0.717) is 40.9 Å². The minimum atomic E-state index is -0.519. The molecule has 0 saturated heterocycles. The molecule has 3 heterocycles. The van der Waals surface area contributed by atoms with Gasteiger partial charge in [-0.05, 0) is 50.2 Å². The molecule has 1 amide bonds. The maximum absolute atomic E-state index is 13.1. The molecule has 0 aromatic carbocycles. The van der Waals surface area contributed by atoms with Crippen LogP contribution in [0.25, 0.3) is 5.65 Å². The lowest BCUT2D eigenvalue weighted by Crippen LogP contribution is -2.45. The number of nitrogens with one attached hydrogen (secondary N) is 3. The van der Waals surface area contributed by atoms with E-state index in [1.807, 2.05) is 0 Å².